The molecule has 0 amide bonds. The van der Waals surface area contributed by atoms with Crippen LogP contribution in [0.2, 0.25) is 5.02 Å². The fourth-order valence-electron chi connectivity index (χ4n) is 3.67. The first-order valence-corrected chi connectivity index (χ1v) is 11.0. The Labute approximate surface area is 187 Å². The molecule has 2 heterocycles. The largest absolute Gasteiger partial charge is 0.294 e. The van der Waals surface area contributed by atoms with Crippen LogP contribution in [0.25, 0.3) is 16.9 Å². The molecular formula is C25H27ClN4O. The van der Waals surface area contributed by atoms with Crippen LogP contribution in [0, 0.1) is 0 Å². The second-order valence-corrected chi connectivity index (χ2v) is 8.59. The maximum atomic E-state index is 12.7. The van der Waals surface area contributed by atoms with Gasteiger partial charge in [0.15, 0.2) is 5.65 Å². The van der Waals surface area contributed by atoms with E-state index in [2.05, 4.69) is 55.0 Å². The molecule has 0 unspecified atom stereocenters. The van der Waals surface area contributed by atoms with Gasteiger partial charge in [0.1, 0.15) is 0 Å². The van der Waals surface area contributed by atoms with Crippen molar-refractivity contribution in [3.8, 4) is 11.3 Å². The minimum atomic E-state index is -0.113. The second-order valence-electron chi connectivity index (χ2n) is 8.16. The molecule has 0 aliphatic rings. The highest BCUT2D eigenvalue weighted by Crippen LogP contribution is 2.21. The van der Waals surface area contributed by atoms with Crippen LogP contribution in [-0.2, 0) is 13.1 Å². The van der Waals surface area contributed by atoms with Crippen molar-refractivity contribution >= 4 is 17.2 Å². The lowest BCUT2D eigenvalue weighted by atomic mass is 10.0. The van der Waals surface area contributed by atoms with Gasteiger partial charge in [-0.3, -0.25) is 14.8 Å². The zero-order valence-electron chi connectivity index (χ0n) is 18.1. The fraction of sp³-hybridized carbons (Fsp3) is 0.280. The van der Waals surface area contributed by atoms with E-state index >= 15 is 0 Å². The highest BCUT2D eigenvalue weighted by molar-refractivity contribution is 6.30. The summed E-state index contributed by atoms with van der Waals surface area (Å²) in [7, 11) is 0. The number of nitrogens with zero attached hydrogens (tertiary/aromatic N) is 3. The van der Waals surface area contributed by atoms with E-state index in [4.69, 9.17) is 16.6 Å². The molecule has 5 nitrogen and oxygen atoms in total. The van der Waals surface area contributed by atoms with Crippen LogP contribution < -0.4 is 5.56 Å². The van der Waals surface area contributed by atoms with Crippen molar-refractivity contribution in [1.82, 2.24) is 19.5 Å². The summed E-state index contributed by atoms with van der Waals surface area (Å²) < 4.78 is 1.48. The second kappa shape index (κ2) is 9.08. The molecule has 0 saturated carbocycles. The molecule has 0 saturated heterocycles. The molecule has 6 heteroatoms. The Morgan fingerprint density at radius 1 is 1.03 bits per heavy atom. The van der Waals surface area contributed by atoms with Crippen LogP contribution in [0.3, 0.4) is 0 Å². The standard InChI is InChI=1S/C25H27ClN4O/c1-4-29(15-18-5-7-19(8-6-18)17(2)3)16-22-13-25(31)30-24(27-22)14-23(28-30)20-9-11-21(26)12-10-20/h5-14,17,28H,4,15-16H2,1-3H3. The predicted octanol–water partition coefficient (Wildman–Crippen LogP) is 5.49. The monoisotopic (exact) mass is 434 g/mol. The number of hydrogen-bond acceptors (Lipinski definition) is 3. The Kier molecular flexibility index (Phi) is 6.25. The van der Waals surface area contributed by atoms with Gasteiger partial charge in [-0.2, -0.15) is 0 Å². The number of hydrogen-bond donors (Lipinski definition) is 1. The normalized spacial score (nSPS) is 11.7. The summed E-state index contributed by atoms with van der Waals surface area (Å²) in [5, 5.41) is 3.81. The number of aromatic nitrogens is 3. The van der Waals surface area contributed by atoms with E-state index in [9.17, 15) is 4.79 Å². The van der Waals surface area contributed by atoms with Gasteiger partial charge in [0.05, 0.1) is 11.4 Å². The first kappa shape index (κ1) is 21.3. The quantitative estimate of drug-likeness (QED) is 0.418. The molecule has 160 valence electrons. The van der Waals surface area contributed by atoms with E-state index in [1.807, 2.05) is 30.3 Å². The number of H-pyrrole nitrogens is 1. The SMILES string of the molecule is CCN(Cc1ccc(C(C)C)cc1)Cc1cc(=O)n2[nH]c(-c3ccc(Cl)cc3)cc2n1. The predicted molar refractivity (Wildman–Crippen MR) is 127 cm³/mol. The first-order chi connectivity index (χ1) is 14.9. The van der Waals surface area contributed by atoms with E-state index < -0.39 is 0 Å². The molecule has 0 spiro atoms. The van der Waals surface area contributed by atoms with Crippen molar-refractivity contribution < 1.29 is 0 Å². The van der Waals surface area contributed by atoms with Crippen molar-refractivity contribution in [2.45, 2.75) is 39.8 Å². The summed E-state index contributed by atoms with van der Waals surface area (Å²) in [6, 6.07) is 19.8. The Morgan fingerprint density at radius 3 is 2.39 bits per heavy atom. The van der Waals surface area contributed by atoms with Gasteiger partial charge >= 0.3 is 0 Å². The highest BCUT2D eigenvalue weighted by atomic mass is 35.5. The van der Waals surface area contributed by atoms with E-state index in [-0.39, 0.29) is 5.56 Å². The van der Waals surface area contributed by atoms with Crippen LogP contribution in [0.4, 0.5) is 0 Å². The molecule has 0 aliphatic carbocycles. The van der Waals surface area contributed by atoms with Crippen molar-refractivity contribution in [1.29, 1.82) is 0 Å². The van der Waals surface area contributed by atoms with Gasteiger partial charge < -0.3 is 0 Å². The maximum Gasteiger partial charge on any atom is 0.272 e. The molecule has 0 aliphatic heterocycles. The number of benzene rings is 2. The molecule has 2 aromatic carbocycles. The Morgan fingerprint density at radius 2 is 1.74 bits per heavy atom. The molecule has 31 heavy (non-hydrogen) atoms. The summed E-state index contributed by atoms with van der Waals surface area (Å²) in [6.07, 6.45) is 0. The summed E-state index contributed by atoms with van der Waals surface area (Å²) in [5.74, 6) is 0.527. The molecule has 2 aromatic heterocycles. The first-order valence-electron chi connectivity index (χ1n) is 10.6. The van der Waals surface area contributed by atoms with Gasteiger partial charge in [-0.05, 0) is 41.3 Å². The lowest BCUT2D eigenvalue weighted by molar-refractivity contribution is 0.268. The smallest absolute Gasteiger partial charge is 0.272 e. The molecular weight excluding hydrogens is 408 g/mol. The van der Waals surface area contributed by atoms with Gasteiger partial charge in [0.2, 0.25) is 0 Å². The van der Waals surface area contributed by atoms with Crippen LogP contribution >= 0.6 is 11.6 Å². The third-order valence-corrected chi connectivity index (χ3v) is 5.80. The van der Waals surface area contributed by atoms with Crippen molar-refractivity contribution in [3.63, 3.8) is 0 Å². The molecule has 0 bridgehead atoms. The van der Waals surface area contributed by atoms with Gasteiger partial charge in [-0.25, -0.2) is 9.50 Å². The molecule has 0 radical (unpaired) electrons. The van der Waals surface area contributed by atoms with Crippen LogP contribution in [0.1, 0.15) is 43.5 Å². The zero-order chi connectivity index (χ0) is 22.0. The number of aromatic amines is 1. The highest BCUT2D eigenvalue weighted by Gasteiger charge is 2.11. The number of fused-ring (bicyclic) bond motifs is 1. The van der Waals surface area contributed by atoms with Gasteiger partial charge in [-0.1, -0.05) is 68.8 Å². The third kappa shape index (κ3) is 4.89. The number of rotatable bonds is 7. The molecule has 0 fully saturated rings. The Bertz CT molecular complexity index is 1220. The zero-order valence-corrected chi connectivity index (χ0v) is 18.9. The van der Waals surface area contributed by atoms with E-state index in [0.717, 1.165) is 30.0 Å². The van der Waals surface area contributed by atoms with Crippen molar-refractivity contribution in [2.24, 2.45) is 0 Å². The molecule has 4 aromatic rings. The van der Waals surface area contributed by atoms with Crippen LogP contribution in [0.5, 0.6) is 0 Å². The van der Waals surface area contributed by atoms with Gasteiger partial charge in [0.25, 0.3) is 5.56 Å². The number of nitrogens with one attached hydrogen (secondary N) is 1. The summed E-state index contributed by atoms with van der Waals surface area (Å²) in [4.78, 5) is 19.7. The Balaban J connectivity index is 1.55. The number of halogens is 1. The minimum Gasteiger partial charge on any atom is -0.294 e. The van der Waals surface area contributed by atoms with E-state index in [1.54, 1.807) is 6.07 Å². The average Bonchev–Trinajstić information content (AvgIpc) is 3.19. The summed E-state index contributed by atoms with van der Waals surface area (Å²) in [6.45, 7) is 8.84. The Hall–Kier alpha value is -2.89. The van der Waals surface area contributed by atoms with Gasteiger partial charge in [0, 0.05) is 30.2 Å². The summed E-state index contributed by atoms with van der Waals surface area (Å²) >= 11 is 5.98. The fourth-order valence-corrected chi connectivity index (χ4v) is 3.80. The van der Waals surface area contributed by atoms with Crippen molar-refractivity contribution in [2.75, 3.05) is 6.54 Å². The van der Waals surface area contributed by atoms with Crippen LogP contribution in [0.15, 0.2) is 65.5 Å². The minimum absolute atomic E-state index is 0.113. The van der Waals surface area contributed by atoms with Crippen molar-refractivity contribution in [3.05, 3.63) is 92.9 Å². The molecule has 4 rings (SSSR count). The summed E-state index contributed by atoms with van der Waals surface area (Å²) in [5.41, 5.74) is 5.66. The van der Waals surface area contributed by atoms with Crippen LogP contribution in [-0.4, -0.2) is 26.0 Å². The lowest BCUT2D eigenvalue weighted by Crippen LogP contribution is -2.25. The van der Waals surface area contributed by atoms with E-state index in [1.165, 1.54) is 15.6 Å². The third-order valence-electron chi connectivity index (χ3n) is 5.54. The maximum absolute atomic E-state index is 12.7. The molecule has 0 atom stereocenters. The molecule has 1 N–H and O–H groups in total. The topological polar surface area (TPSA) is 53.4 Å². The average molecular weight is 435 g/mol. The van der Waals surface area contributed by atoms with E-state index in [0.29, 0.717) is 23.1 Å². The van der Waals surface area contributed by atoms with Gasteiger partial charge in [-0.15, -0.1) is 0 Å². The lowest BCUT2D eigenvalue weighted by Gasteiger charge is -2.20.